The van der Waals surface area contributed by atoms with Crippen molar-refractivity contribution in [1.29, 1.82) is 0 Å². The molecule has 2 fully saturated rings. The Morgan fingerprint density at radius 2 is 2.33 bits per heavy atom. The summed E-state index contributed by atoms with van der Waals surface area (Å²) in [5, 5.41) is 10.6. The van der Waals surface area contributed by atoms with Gasteiger partial charge in [-0.3, -0.25) is 9.48 Å². The van der Waals surface area contributed by atoms with Gasteiger partial charge in [-0.25, -0.2) is 0 Å². The highest BCUT2D eigenvalue weighted by molar-refractivity contribution is 5.94. The second kappa shape index (κ2) is 6.77. The number of halogens is 1. The van der Waals surface area contributed by atoms with Crippen molar-refractivity contribution < 1.29 is 9.53 Å². The summed E-state index contributed by atoms with van der Waals surface area (Å²) in [4.78, 5) is 12.2. The van der Waals surface area contributed by atoms with Crippen molar-refractivity contribution in [1.82, 2.24) is 15.1 Å². The topological polar surface area (TPSA) is 68.2 Å². The van der Waals surface area contributed by atoms with Crippen molar-refractivity contribution in [3.63, 3.8) is 0 Å². The molecule has 7 heteroatoms. The van der Waals surface area contributed by atoms with E-state index in [0.717, 1.165) is 13.1 Å². The molecule has 0 unspecified atom stereocenters. The SMILES string of the molecule is CCn1nc(NC(=O)[C@@H]2C[C@H](OC)CN2)cc1C1CC1.Cl. The van der Waals surface area contributed by atoms with Crippen LogP contribution in [0.5, 0.6) is 0 Å². The molecule has 2 N–H and O–H groups in total. The predicted octanol–water partition coefficient (Wildman–Crippen LogP) is 1.52. The summed E-state index contributed by atoms with van der Waals surface area (Å²) in [5.74, 6) is 1.28. The van der Waals surface area contributed by atoms with Crippen molar-refractivity contribution in [2.24, 2.45) is 0 Å². The number of carbonyl (C=O) groups excluding carboxylic acids is 1. The monoisotopic (exact) mass is 314 g/mol. The molecule has 1 aromatic rings. The summed E-state index contributed by atoms with van der Waals surface area (Å²) in [5.41, 5.74) is 1.25. The van der Waals surface area contributed by atoms with Crippen LogP contribution in [0.1, 0.15) is 37.8 Å². The number of aryl methyl sites for hydroxylation is 1. The van der Waals surface area contributed by atoms with Crippen LogP contribution in [0.4, 0.5) is 5.82 Å². The summed E-state index contributed by atoms with van der Waals surface area (Å²) < 4.78 is 7.25. The second-order valence-electron chi connectivity index (χ2n) is 5.59. The highest BCUT2D eigenvalue weighted by atomic mass is 35.5. The van der Waals surface area contributed by atoms with E-state index in [1.807, 2.05) is 10.7 Å². The fourth-order valence-electron chi connectivity index (χ4n) is 2.75. The zero-order valence-electron chi connectivity index (χ0n) is 12.5. The van der Waals surface area contributed by atoms with Gasteiger partial charge in [-0.05, 0) is 26.2 Å². The van der Waals surface area contributed by atoms with Crippen LogP contribution in [0.3, 0.4) is 0 Å². The summed E-state index contributed by atoms with van der Waals surface area (Å²) in [6.45, 7) is 3.65. The van der Waals surface area contributed by atoms with Crippen molar-refractivity contribution >= 4 is 24.1 Å². The van der Waals surface area contributed by atoms with E-state index in [9.17, 15) is 4.79 Å². The maximum Gasteiger partial charge on any atom is 0.242 e. The normalized spacial score (nSPS) is 24.7. The first kappa shape index (κ1) is 16.3. The highest BCUT2D eigenvalue weighted by Gasteiger charge is 2.31. The standard InChI is InChI=1S/C14H22N4O2.ClH/c1-3-18-12(9-4-5-9)7-13(17-18)16-14(19)11-6-10(20-2)8-15-11;/h7,9-11,15H,3-6,8H2,1-2H3,(H,16,17,19);1H/t10-,11-;/m0./s1. The Bertz CT molecular complexity index is 501. The Hall–Kier alpha value is -1.11. The molecular weight excluding hydrogens is 292 g/mol. The van der Waals surface area contributed by atoms with Crippen LogP contribution >= 0.6 is 12.4 Å². The van der Waals surface area contributed by atoms with Gasteiger partial charge in [0.15, 0.2) is 5.82 Å². The first-order chi connectivity index (χ1) is 9.71. The molecule has 1 amide bonds. The molecule has 1 aromatic heterocycles. The third-order valence-corrected chi connectivity index (χ3v) is 4.10. The molecule has 118 valence electrons. The second-order valence-corrected chi connectivity index (χ2v) is 5.59. The molecule has 0 radical (unpaired) electrons. The van der Waals surface area contributed by atoms with E-state index in [1.165, 1.54) is 18.5 Å². The number of rotatable bonds is 5. The molecule has 21 heavy (non-hydrogen) atoms. The van der Waals surface area contributed by atoms with Crippen LogP contribution in [0.2, 0.25) is 0 Å². The highest BCUT2D eigenvalue weighted by Crippen LogP contribution is 2.40. The number of aromatic nitrogens is 2. The van der Waals surface area contributed by atoms with Gasteiger partial charge in [-0.1, -0.05) is 0 Å². The molecule has 3 rings (SSSR count). The number of hydrogen-bond acceptors (Lipinski definition) is 4. The average Bonchev–Trinajstić information content (AvgIpc) is 3.04. The van der Waals surface area contributed by atoms with E-state index in [4.69, 9.17) is 4.74 Å². The number of nitrogens with one attached hydrogen (secondary N) is 2. The number of amides is 1. The first-order valence-corrected chi connectivity index (χ1v) is 7.36. The minimum absolute atomic E-state index is 0. The molecule has 1 aliphatic carbocycles. The maximum absolute atomic E-state index is 12.2. The van der Waals surface area contributed by atoms with Crippen LogP contribution in [-0.2, 0) is 16.1 Å². The van der Waals surface area contributed by atoms with Crippen LogP contribution in [-0.4, -0.2) is 41.5 Å². The van der Waals surface area contributed by atoms with Gasteiger partial charge < -0.3 is 15.4 Å². The molecule has 2 aliphatic rings. The van der Waals surface area contributed by atoms with E-state index >= 15 is 0 Å². The molecule has 1 aliphatic heterocycles. The zero-order valence-corrected chi connectivity index (χ0v) is 13.3. The summed E-state index contributed by atoms with van der Waals surface area (Å²) >= 11 is 0. The van der Waals surface area contributed by atoms with Gasteiger partial charge in [0.1, 0.15) is 0 Å². The van der Waals surface area contributed by atoms with Gasteiger partial charge in [0.05, 0.1) is 12.1 Å². The van der Waals surface area contributed by atoms with Crippen LogP contribution in [0.25, 0.3) is 0 Å². The Morgan fingerprint density at radius 3 is 2.90 bits per heavy atom. The molecular formula is C14H23ClN4O2. The molecule has 0 bridgehead atoms. The average molecular weight is 315 g/mol. The Balaban J connectivity index is 0.00000161. The number of anilines is 1. The Morgan fingerprint density at radius 1 is 1.57 bits per heavy atom. The number of methoxy groups -OCH3 is 1. The summed E-state index contributed by atoms with van der Waals surface area (Å²) in [6.07, 6.45) is 3.31. The van der Waals surface area contributed by atoms with Gasteiger partial charge in [0.2, 0.25) is 5.91 Å². The number of nitrogens with zero attached hydrogens (tertiary/aromatic N) is 2. The first-order valence-electron chi connectivity index (χ1n) is 7.36. The van der Waals surface area contributed by atoms with E-state index < -0.39 is 0 Å². The van der Waals surface area contributed by atoms with Crippen molar-refractivity contribution in [3.8, 4) is 0 Å². The lowest BCUT2D eigenvalue weighted by Crippen LogP contribution is -2.35. The van der Waals surface area contributed by atoms with E-state index in [0.29, 0.717) is 18.2 Å². The lowest BCUT2D eigenvalue weighted by Gasteiger charge is -2.09. The molecule has 0 spiro atoms. The third kappa shape index (κ3) is 3.56. The quantitative estimate of drug-likeness (QED) is 0.864. The minimum atomic E-state index is -0.184. The zero-order chi connectivity index (χ0) is 14.1. The lowest BCUT2D eigenvalue weighted by atomic mass is 10.2. The number of hydrogen-bond donors (Lipinski definition) is 2. The predicted molar refractivity (Wildman–Crippen MR) is 83.0 cm³/mol. The van der Waals surface area contributed by atoms with E-state index in [2.05, 4.69) is 22.7 Å². The minimum Gasteiger partial charge on any atom is -0.380 e. The molecule has 1 saturated heterocycles. The van der Waals surface area contributed by atoms with Gasteiger partial charge >= 0.3 is 0 Å². The summed E-state index contributed by atoms with van der Waals surface area (Å²) in [7, 11) is 1.68. The van der Waals surface area contributed by atoms with Crippen LogP contribution in [0, 0.1) is 0 Å². The lowest BCUT2D eigenvalue weighted by molar-refractivity contribution is -0.118. The summed E-state index contributed by atoms with van der Waals surface area (Å²) in [6, 6.07) is 1.83. The van der Waals surface area contributed by atoms with Gasteiger partial charge in [0.25, 0.3) is 0 Å². The number of ether oxygens (including phenoxy) is 1. The molecule has 0 aromatic carbocycles. The van der Waals surface area contributed by atoms with Gasteiger partial charge in [-0.2, -0.15) is 5.10 Å². The maximum atomic E-state index is 12.2. The van der Waals surface area contributed by atoms with Crippen LogP contribution < -0.4 is 10.6 Å². The van der Waals surface area contributed by atoms with Gasteiger partial charge in [-0.15, -0.1) is 12.4 Å². The molecule has 2 atom stereocenters. The van der Waals surface area contributed by atoms with E-state index in [-0.39, 0.29) is 30.5 Å². The Kier molecular flexibility index (Phi) is 5.24. The third-order valence-electron chi connectivity index (χ3n) is 4.10. The van der Waals surface area contributed by atoms with Crippen molar-refractivity contribution in [2.75, 3.05) is 19.0 Å². The molecule has 6 nitrogen and oxygen atoms in total. The molecule has 1 saturated carbocycles. The fraction of sp³-hybridized carbons (Fsp3) is 0.714. The van der Waals surface area contributed by atoms with Crippen molar-refractivity contribution in [2.45, 2.75) is 50.8 Å². The largest absolute Gasteiger partial charge is 0.380 e. The number of carbonyl (C=O) groups is 1. The molecule has 2 heterocycles. The van der Waals surface area contributed by atoms with Crippen molar-refractivity contribution in [3.05, 3.63) is 11.8 Å². The van der Waals surface area contributed by atoms with E-state index in [1.54, 1.807) is 7.11 Å². The smallest absolute Gasteiger partial charge is 0.242 e. The Labute approximate surface area is 131 Å². The fourth-order valence-corrected chi connectivity index (χ4v) is 2.75. The van der Waals surface area contributed by atoms with Gasteiger partial charge in [0, 0.05) is 37.9 Å². The van der Waals surface area contributed by atoms with Crippen LogP contribution in [0.15, 0.2) is 6.07 Å².